The average molecular weight is 514 g/mol. The molecule has 2 fully saturated rings. The van der Waals surface area contributed by atoms with Crippen LogP contribution in [-0.2, 0) is 21.7 Å². The number of amides is 4. The highest BCUT2D eigenvalue weighted by molar-refractivity contribution is 6.23. The van der Waals surface area contributed by atoms with Crippen LogP contribution in [-0.4, -0.2) is 67.6 Å². The van der Waals surface area contributed by atoms with Gasteiger partial charge in [-0.05, 0) is 37.0 Å². The number of rotatable bonds is 5. The minimum Gasteiger partial charge on any atom is -0.385 e. The van der Waals surface area contributed by atoms with E-state index in [9.17, 15) is 24.3 Å². The van der Waals surface area contributed by atoms with E-state index in [1.54, 1.807) is 18.2 Å². The molecule has 0 aliphatic carbocycles. The maximum atomic E-state index is 13.2. The molecule has 2 aromatic carbocycles. The van der Waals surface area contributed by atoms with Gasteiger partial charge in [0.05, 0.1) is 16.7 Å². The quantitative estimate of drug-likeness (QED) is 0.444. The number of hydrogen-bond donors (Lipinski definition) is 3. The van der Waals surface area contributed by atoms with Crippen molar-refractivity contribution in [3.05, 3.63) is 77.1 Å². The van der Waals surface area contributed by atoms with Crippen LogP contribution in [0.1, 0.15) is 57.7 Å². The molecule has 0 bridgehead atoms. The van der Waals surface area contributed by atoms with Crippen molar-refractivity contribution in [2.75, 3.05) is 13.1 Å². The van der Waals surface area contributed by atoms with E-state index in [0.717, 1.165) is 22.0 Å². The largest absolute Gasteiger partial charge is 0.385 e. The molecule has 194 valence electrons. The lowest BCUT2D eigenvalue weighted by Crippen LogP contribution is -2.54. The van der Waals surface area contributed by atoms with Crippen LogP contribution in [0.2, 0.25) is 0 Å². The minimum atomic E-state index is -1.14. The van der Waals surface area contributed by atoms with Gasteiger partial charge in [0.1, 0.15) is 11.9 Å². The highest BCUT2D eigenvalue weighted by atomic mass is 16.3. The lowest BCUT2D eigenvalue weighted by Gasteiger charge is -2.38. The highest BCUT2D eigenvalue weighted by Gasteiger charge is 2.45. The first-order valence-corrected chi connectivity index (χ1v) is 12.7. The number of aromatic nitrogens is 2. The lowest BCUT2D eigenvalue weighted by molar-refractivity contribution is -0.136. The van der Waals surface area contributed by atoms with Crippen LogP contribution in [0.15, 0.2) is 54.7 Å². The molecule has 10 heteroatoms. The van der Waals surface area contributed by atoms with Gasteiger partial charge in [0.25, 0.3) is 11.8 Å². The topological polar surface area (TPSA) is 136 Å². The zero-order valence-corrected chi connectivity index (χ0v) is 20.6. The number of nitrogens with one attached hydrogen (secondary N) is 2. The van der Waals surface area contributed by atoms with Crippen LogP contribution < -0.4 is 5.32 Å². The standard InChI is InChI=1S/C28H27N5O5/c34-23-9-8-22(25(35)31-23)33-26(36)20-7-6-18(14-21(20)27(33)37)28(38)10-12-32(13-11-28)16-19-15-29-24(30-19)17-4-2-1-3-5-17/h1-7,14-15,22,38H,8-13,16H2,(H,29,30)(H,31,34,35). The van der Waals surface area contributed by atoms with E-state index >= 15 is 0 Å². The van der Waals surface area contributed by atoms with E-state index in [2.05, 4.69) is 20.2 Å². The van der Waals surface area contributed by atoms with E-state index in [0.29, 0.717) is 38.0 Å². The summed E-state index contributed by atoms with van der Waals surface area (Å²) in [6.45, 7) is 1.96. The number of imidazole rings is 1. The first-order valence-electron chi connectivity index (χ1n) is 12.7. The monoisotopic (exact) mass is 513 g/mol. The van der Waals surface area contributed by atoms with Crippen LogP contribution in [0.5, 0.6) is 0 Å². The smallest absolute Gasteiger partial charge is 0.262 e. The van der Waals surface area contributed by atoms with Gasteiger partial charge in [-0.1, -0.05) is 36.4 Å². The van der Waals surface area contributed by atoms with E-state index in [1.807, 2.05) is 36.5 Å². The van der Waals surface area contributed by atoms with Crippen molar-refractivity contribution in [1.82, 2.24) is 25.1 Å². The first kappa shape index (κ1) is 24.2. The molecule has 4 heterocycles. The second kappa shape index (κ2) is 9.30. The molecule has 1 unspecified atom stereocenters. The number of nitrogens with zero attached hydrogens (tertiary/aromatic N) is 3. The Balaban J connectivity index is 1.13. The molecule has 4 amide bonds. The number of imide groups is 2. The predicted octanol–water partition coefficient (Wildman–Crippen LogP) is 1.96. The number of aliphatic hydroxyl groups is 1. The SMILES string of the molecule is O=C1CCC(N2C(=O)c3ccc(C4(O)CCN(Cc5cnc(-c6ccccc6)[nH]5)CC4)cc3C2=O)C(=O)N1. The molecule has 10 nitrogen and oxygen atoms in total. The Labute approximate surface area is 218 Å². The number of piperidine rings is 2. The van der Waals surface area contributed by atoms with Crippen molar-refractivity contribution in [2.45, 2.75) is 43.9 Å². The molecule has 0 radical (unpaired) electrons. The van der Waals surface area contributed by atoms with Crippen molar-refractivity contribution < 1.29 is 24.3 Å². The third-order valence-corrected chi connectivity index (χ3v) is 7.73. The summed E-state index contributed by atoms with van der Waals surface area (Å²) in [7, 11) is 0. The molecule has 1 aromatic heterocycles. The van der Waals surface area contributed by atoms with Gasteiger partial charge in [-0.3, -0.25) is 34.3 Å². The molecular formula is C28H27N5O5. The Morgan fingerprint density at radius 1 is 0.974 bits per heavy atom. The number of benzene rings is 2. The number of H-pyrrole nitrogens is 1. The fraction of sp³-hybridized carbons (Fsp3) is 0.321. The molecular weight excluding hydrogens is 486 g/mol. The summed E-state index contributed by atoms with van der Waals surface area (Å²) in [4.78, 5) is 61.0. The van der Waals surface area contributed by atoms with E-state index in [-0.39, 0.29) is 24.0 Å². The summed E-state index contributed by atoms with van der Waals surface area (Å²) in [5, 5.41) is 13.7. The molecule has 1 atom stereocenters. The van der Waals surface area contributed by atoms with E-state index in [4.69, 9.17) is 0 Å². The Morgan fingerprint density at radius 2 is 1.71 bits per heavy atom. The predicted molar refractivity (Wildman–Crippen MR) is 136 cm³/mol. The van der Waals surface area contributed by atoms with Crippen LogP contribution in [0.4, 0.5) is 0 Å². The van der Waals surface area contributed by atoms with Gasteiger partial charge in [-0.15, -0.1) is 0 Å². The van der Waals surface area contributed by atoms with Gasteiger partial charge in [-0.2, -0.15) is 0 Å². The average Bonchev–Trinajstić information content (AvgIpc) is 3.49. The number of carbonyl (C=O) groups excluding carboxylic acids is 4. The number of hydrogen-bond acceptors (Lipinski definition) is 7. The van der Waals surface area contributed by atoms with E-state index in [1.165, 1.54) is 0 Å². The van der Waals surface area contributed by atoms with Crippen molar-refractivity contribution >= 4 is 23.6 Å². The Bertz CT molecular complexity index is 1440. The molecule has 38 heavy (non-hydrogen) atoms. The van der Waals surface area contributed by atoms with Crippen molar-refractivity contribution in [3.63, 3.8) is 0 Å². The van der Waals surface area contributed by atoms with Gasteiger partial charge in [0.15, 0.2) is 0 Å². The second-order valence-corrected chi connectivity index (χ2v) is 10.1. The summed E-state index contributed by atoms with van der Waals surface area (Å²) in [6, 6.07) is 13.7. The Hall–Kier alpha value is -4.15. The minimum absolute atomic E-state index is 0.0669. The van der Waals surface area contributed by atoms with Crippen molar-refractivity contribution in [1.29, 1.82) is 0 Å². The zero-order valence-electron chi connectivity index (χ0n) is 20.6. The summed E-state index contributed by atoms with van der Waals surface area (Å²) in [6.07, 6.45) is 2.93. The van der Waals surface area contributed by atoms with E-state index < -0.39 is 35.3 Å². The van der Waals surface area contributed by atoms with Crippen LogP contribution in [0.3, 0.4) is 0 Å². The second-order valence-electron chi connectivity index (χ2n) is 10.1. The van der Waals surface area contributed by atoms with Gasteiger partial charge >= 0.3 is 0 Å². The van der Waals surface area contributed by atoms with Gasteiger partial charge < -0.3 is 10.1 Å². The molecule has 3 aliphatic heterocycles. The summed E-state index contributed by atoms with van der Waals surface area (Å²) in [5.41, 5.74) is 1.84. The van der Waals surface area contributed by atoms with Gasteiger partial charge in [0.2, 0.25) is 11.8 Å². The molecule has 0 spiro atoms. The molecule has 3 aromatic rings. The maximum absolute atomic E-state index is 13.2. The third kappa shape index (κ3) is 4.21. The van der Waals surface area contributed by atoms with Crippen LogP contribution in [0.25, 0.3) is 11.4 Å². The van der Waals surface area contributed by atoms with Gasteiger partial charge in [0, 0.05) is 43.5 Å². The normalized spacial score (nSPS) is 21.5. The first-order chi connectivity index (χ1) is 18.3. The molecule has 3 aliphatic rings. The summed E-state index contributed by atoms with van der Waals surface area (Å²) < 4.78 is 0. The molecule has 3 N–H and O–H groups in total. The zero-order chi connectivity index (χ0) is 26.4. The number of fused-ring (bicyclic) bond motifs is 1. The maximum Gasteiger partial charge on any atom is 0.262 e. The molecule has 0 saturated carbocycles. The van der Waals surface area contributed by atoms with Crippen LogP contribution >= 0.6 is 0 Å². The summed E-state index contributed by atoms with van der Waals surface area (Å²) >= 11 is 0. The number of carbonyl (C=O) groups is 4. The Morgan fingerprint density at radius 3 is 2.45 bits per heavy atom. The fourth-order valence-electron chi connectivity index (χ4n) is 5.55. The third-order valence-electron chi connectivity index (χ3n) is 7.73. The fourth-order valence-corrected chi connectivity index (χ4v) is 5.55. The number of likely N-dealkylation sites (tertiary alicyclic amines) is 1. The lowest BCUT2D eigenvalue weighted by atomic mass is 9.83. The summed E-state index contributed by atoms with van der Waals surface area (Å²) in [5.74, 6) is -1.37. The number of aromatic amines is 1. The Kier molecular flexibility index (Phi) is 5.93. The van der Waals surface area contributed by atoms with Gasteiger partial charge in [-0.25, -0.2) is 4.98 Å². The van der Waals surface area contributed by atoms with Crippen molar-refractivity contribution in [2.24, 2.45) is 0 Å². The molecule has 2 saturated heterocycles. The van der Waals surface area contributed by atoms with Crippen molar-refractivity contribution in [3.8, 4) is 11.4 Å². The highest BCUT2D eigenvalue weighted by Crippen LogP contribution is 2.36. The van der Waals surface area contributed by atoms with Crippen LogP contribution in [0, 0.1) is 0 Å². The molecule has 6 rings (SSSR count).